The van der Waals surface area contributed by atoms with Gasteiger partial charge in [0.25, 0.3) is 0 Å². The molecule has 0 amide bonds. The molecule has 0 aromatic heterocycles. The number of unbranched alkanes of at least 4 members (excludes halogenated alkanes) is 4. The van der Waals surface area contributed by atoms with Gasteiger partial charge in [-0.25, -0.2) is 0 Å². The van der Waals surface area contributed by atoms with Crippen LogP contribution in [0.5, 0.6) is 0 Å². The van der Waals surface area contributed by atoms with Crippen molar-refractivity contribution in [2.24, 2.45) is 0 Å². The van der Waals surface area contributed by atoms with E-state index in [-0.39, 0.29) is 12.6 Å². The molecule has 2 unspecified atom stereocenters. The Kier molecular flexibility index (Phi) is 8.67. The van der Waals surface area contributed by atoms with E-state index in [1.807, 2.05) is 0 Å². The van der Waals surface area contributed by atoms with Gasteiger partial charge in [0.15, 0.2) is 0 Å². The van der Waals surface area contributed by atoms with E-state index in [0.29, 0.717) is 6.10 Å². The van der Waals surface area contributed by atoms with Crippen LogP contribution in [0.3, 0.4) is 0 Å². The Balaban J connectivity index is 1.98. The first-order chi connectivity index (χ1) is 8.36. The fourth-order valence-electron chi connectivity index (χ4n) is 2.36. The van der Waals surface area contributed by atoms with Crippen LogP contribution < -0.4 is 5.32 Å². The molecule has 0 radical (unpaired) electrons. The van der Waals surface area contributed by atoms with Gasteiger partial charge in [-0.3, -0.25) is 0 Å². The lowest BCUT2D eigenvalue weighted by molar-refractivity contribution is 0.103. The number of hydrogen-bond donors (Lipinski definition) is 2. The predicted octanol–water partition coefficient (Wildman–Crippen LogP) is 2.48. The topological polar surface area (TPSA) is 41.5 Å². The first-order valence-electron chi connectivity index (χ1n) is 7.32. The SMILES string of the molecule is CCCCCCCC(CO)NCC1CCCO1. The zero-order valence-corrected chi connectivity index (χ0v) is 11.3. The fourth-order valence-corrected chi connectivity index (χ4v) is 2.36. The Morgan fingerprint density at radius 2 is 2.12 bits per heavy atom. The number of ether oxygens (including phenoxy) is 1. The van der Waals surface area contributed by atoms with Gasteiger partial charge in [-0.2, -0.15) is 0 Å². The van der Waals surface area contributed by atoms with Gasteiger partial charge in [0.2, 0.25) is 0 Å². The number of rotatable bonds is 10. The molecule has 2 atom stereocenters. The third-order valence-electron chi connectivity index (χ3n) is 3.53. The van der Waals surface area contributed by atoms with E-state index < -0.39 is 0 Å². The van der Waals surface area contributed by atoms with Crippen molar-refractivity contribution >= 4 is 0 Å². The highest BCUT2D eigenvalue weighted by atomic mass is 16.5. The second kappa shape index (κ2) is 9.86. The van der Waals surface area contributed by atoms with E-state index >= 15 is 0 Å². The normalized spacial score (nSPS) is 21.9. The second-order valence-electron chi connectivity index (χ2n) is 5.13. The van der Waals surface area contributed by atoms with Crippen molar-refractivity contribution < 1.29 is 9.84 Å². The summed E-state index contributed by atoms with van der Waals surface area (Å²) in [7, 11) is 0. The summed E-state index contributed by atoms with van der Waals surface area (Å²) >= 11 is 0. The molecular weight excluding hydrogens is 214 g/mol. The standard InChI is InChI=1S/C14H29NO2/c1-2-3-4-5-6-8-13(12-16)15-11-14-9-7-10-17-14/h13-16H,2-12H2,1H3. The summed E-state index contributed by atoms with van der Waals surface area (Å²) in [6, 6.07) is 0.265. The van der Waals surface area contributed by atoms with Crippen molar-refractivity contribution in [1.82, 2.24) is 5.32 Å². The molecular formula is C14H29NO2. The Bertz CT molecular complexity index is 170. The van der Waals surface area contributed by atoms with Gasteiger partial charge in [0, 0.05) is 19.2 Å². The third kappa shape index (κ3) is 7.02. The Hall–Kier alpha value is -0.120. The second-order valence-corrected chi connectivity index (χ2v) is 5.13. The van der Waals surface area contributed by atoms with Gasteiger partial charge in [-0.05, 0) is 19.3 Å². The number of aliphatic hydroxyl groups excluding tert-OH is 1. The van der Waals surface area contributed by atoms with Gasteiger partial charge in [0.05, 0.1) is 12.7 Å². The van der Waals surface area contributed by atoms with Crippen molar-refractivity contribution in [2.45, 2.75) is 70.4 Å². The number of aliphatic hydroxyl groups is 1. The molecule has 1 saturated heterocycles. The summed E-state index contributed by atoms with van der Waals surface area (Å²) in [6.07, 6.45) is 10.3. The van der Waals surface area contributed by atoms with Crippen LogP contribution in [0.2, 0.25) is 0 Å². The molecule has 1 aliphatic heterocycles. The van der Waals surface area contributed by atoms with Crippen LogP contribution in [0.1, 0.15) is 58.3 Å². The highest BCUT2D eigenvalue weighted by Gasteiger charge is 2.16. The molecule has 0 saturated carbocycles. The number of hydrogen-bond acceptors (Lipinski definition) is 3. The Labute approximate surface area is 106 Å². The van der Waals surface area contributed by atoms with Gasteiger partial charge in [-0.15, -0.1) is 0 Å². The van der Waals surface area contributed by atoms with E-state index in [4.69, 9.17) is 4.74 Å². The van der Waals surface area contributed by atoms with E-state index in [0.717, 1.165) is 19.6 Å². The van der Waals surface area contributed by atoms with Gasteiger partial charge >= 0.3 is 0 Å². The molecule has 3 nitrogen and oxygen atoms in total. The quantitative estimate of drug-likeness (QED) is 0.579. The molecule has 3 heteroatoms. The molecule has 0 aromatic rings. The Morgan fingerprint density at radius 3 is 2.76 bits per heavy atom. The maximum absolute atomic E-state index is 9.30. The highest BCUT2D eigenvalue weighted by Crippen LogP contribution is 2.12. The van der Waals surface area contributed by atoms with Crippen molar-refractivity contribution in [3.05, 3.63) is 0 Å². The van der Waals surface area contributed by atoms with E-state index in [9.17, 15) is 5.11 Å². The summed E-state index contributed by atoms with van der Waals surface area (Å²) in [5.41, 5.74) is 0. The lowest BCUT2D eigenvalue weighted by Gasteiger charge is -2.18. The summed E-state index contributed by atoms with van der Waals surface area (Å²) < 4.78 is 5.56. The van der Waals surface area contributed by atoms with Gasteiger partial charge in [0.1, 0.15) is 0 Å². The average Bonchev–Trinajstić information content (AvgIpc) is 2.86. The predicted molar refractivity (Wildman–Crippen MR) is 71.2 cm³/mol. The van der Waals surface area contributed by atoms with Crippen molar-refractivity contribution in [1.29, 1.82) is 0 Å². The minimum atomic E-state index is 0.250. The first kappa shape index (κ1) is 14.9. The van der Waals surface area contributed by atoms with Crippen LogP contribution in [0.4, 0.5) is 0 Å². The molecule has 0 aromatic carbocycles. The lowest BCUT2D eigenvalue weighted by Crippen LogP contribution is -2.37. The maximum atomic E-state index is 9.30. The minimum Gasteiger partial charge on any atom is -0.395 e. The smallest absolute Gasteiger partial charge is 0.0700 e. The van der Waals surface area contributed by atoms with Crippen LogP contribution in [0.15, 0.2) is 0 Å². The Morgan fingerprint density at radius 1 is 1.29 bits per heavy atom. The average molecular weight is 243 g/mol. The zero-order chi connectivity index (χ0) is 12.3. The summed E-state index contributed by atoms with van der Waals surface area (Å²) in [5, 5.41) is 12.7. The molecule has 17 heavy (non-hydrogen) atoms. The summed E-state index contributed by atoms with van der Waals surface area (Å²) in [6.45, 7) is 4.30. The fraction of sp³-hybridized carbons (Fsp3) is 1.00. The number of nitrogens with one attached hydrogen (secondary N) is 1. The molecule has 2 N–H and O–H groups in total. The van der Waals surface area contributed by atoms with Crippen LogP contribution in [0, 0.1) is 0 Å². The van der Waals surface area contributed by atoms with Crippen LogP contribution in [0.25, 0.3) is 0 Å². The zero-order valence-electron chi connectivity index (χ0n) is 11.3. The van der Waals surface area contributed by atoms with Crippen molar-refractivity contribution in [2.75, 3.05) is 19.8 Å². The first-order valence-corrected chi connectivity index (χ1v) is 7.32. The van der Waals surface area contributed by atoms with Crippen LogP contribution in [-0.4, -0.2) is 37.0 Å². The molecule has 1 heterocycles. The molecule has 0 aliphatic carbocycles. The van der Waals surface area contributed by atoms with Gasteiger partial charge in [-0.1, -0.05) is 39.0 Å². The van der Waals surface area contributed by atoms with Crippen LogP contribution in [-0.2, 0) is 4.74 Å². The third-order valence-corrected chi connectivity index (χ3v) is 3.53. The monoisotopic (exact) mass is 243 g/mol. The van der Waals surface area contributed by atoms with Gasteiger partial charge < -0.3 is 15.2 Å². The van der Waals surface area contributed by atoms with Crippen LogP contribution >= 0.6 is 0 Å². The van der Waals surface area contributed by atoms with Crippen molar-refractivity contribution in [3.8, 4) is 0 Å². The maximum Gasteiger partial charge on any atom is 0.0700 e. The molecule has 0 bridgehead atoms. The van der Waals surface area contributed by atoms with E-state index in [2.05, 4.69) is 12.2 Å². The largest absolute Gasteiger partial charge is 0.395 e. The summed E-state index contributed by atoms with van der Waals surface area (Å²) in [5.74, 6) is 0. The molecule has 1 rings (SSSR count). The van der Waals surface area contributed by atoms with E-state index in [1.165, 1.54) is 44.9 Å². The van der Waals surface area contributed by atoms with E-state index in [1.54, 1.807) is 0 Å². The van der Waals surface area contributed by atoms with Crippen molar-refractivity contribution in [3.63, 3.8) is 0 Å². The molecule has 1 fully saturated rings. The summed E-state index contributed by atoms with van der Waals surface area (Å²) in [4.78, 5) is 0. The lowest BCUT2D eigenvalue weighted by atomic mass is 10.1. The minimum absolute atomic E-state index is 0.250. The highest BCUT2D eigenvalue weighted by molar-refractivity contribution is 4.72. The molecule has 102 valence electrons. The molecule has 1 aliphatic rings. The molecule has 0 spiro atoms.